The monoisotopic (exact) mass is 489 g/mol. The SMILES string of the molecule is CCC(CC)(c1ccc(SCC(=O)C(C)(C)C)c(C)c1)c1cc(C)c(C(=O)NCC(=O)O)s1. The second-order valence-electron chi connectivity index (χ2n) is 9.43. The van der Waals surface area contributed by atoms with Crippen LogP contribution >= 0.6 is 23.1 Å². The molecule has 1 amide bonds. The average Bonchev–Trinajstić information content (AvgIpc) is 3.13. The molecular weight excluding hydrogens is 454 g/mol. The molecule has 2 rings (SSSR count). The first-order valence-corrected chi connectivity index (χ1v) is 13.0. The maximum absolute atomic E-state index is 12.5. The van der Waals surface area contributed by atoms with E-state index in [4.69, 9.17) is 5.11 Å². The molecule has 2 aromatic rings. The lowest BCUT2D eigenvalue weighted by molar-refractivity contribution is -0.135. The van der Waals surface area contributed by atoms with Crippen molar-refractivity contribution in [3.63, 3.8) is 0 Å². The van der Waals surface area contributed by atoms with Crippen LogP contribution in [0.1, 0.15) is 78.7 Å². The number of rotatable bonds is 10. The van der Waals surface area contributed by atoms with Gasteiger partial charge in [0, 0.05) is 20.6 Å². The quantitative estimate of drug-likeness (QED) is 0.400. The number of carbonyl (C=O) groups excluding carboxylic acids is 2. The van der Waals surface area contributed by atoms with Gasteiger partial charge in [0.2, 0.25) is 0 Å². The van der Waals surface area contributed by atoms with E-state index < -0.39 is 12.5 Å². The molecule has 0 fully saturated rings. The number of aliphatic carboxylic acids is 1. The van der Waals surface area contributed by atoms with E-state index >= 15 is 0 Å². The smallest absolute Gasteiger partial charge is 0.322 e. The van der Waals surface area contributed by atoms with Gasteiger partial charge in [0.15, 0.2) is 0 Å². The zero-order valence-corrected chi connectivity index (χ0v) is 22.3. The summed E-state index contributed by atoms with van der Waals surface area (Å²) in [5.41, 5.74) is 2.60. The fraction of sp³-hybridized carbons (Fsp3) is 0.500. The van der Waals surface area contributed by atoms with E-state index in [0.717, 1.165) is 33.7 Å². The summed E-state index contributed by atoms with van der Waals surface area (Å²) in [6, 6.07) is 8.51. The van der Waals surface area contributed by atoms with Crippen molar-refractivity contribution in [2.75, 3.05) is 12.3 Å². The standard InChI is InChI=1S/C26H35NO4S2/c1-8-26(9-2,21-13-17(4)23(33-21)24(31)27-14-22(29)30)18-10-11-19(16(3)12-18)32-15-20(28)25(5,6)7/h10-13H,8-9,14-15H2,1-7H3,(H,27,31)(H,29,30). The third-order valence-electron chi connectivity index (χ3n) is 6.13. The number of Topliss-reactive ketones (excluding diaryl/α,β-unsaturated/α-hetero) is 1. The van der Waals surface area contributed by atoms with Gasteiger partial charge in [0.25, 0.3) is 5.91 Å². The number of carboxylic acid groups (broad SMARTS) is 1. The van der Waals surface area contributed by atoms with Gasteiger partial charge in [-0.1, -0.05) is 46.8 Å². The molecule has 1 heterocycles. The van der Waals surface area contributed by atoms with E-state index in [9.17, 15) is 14.4 Å². The van der Waals surface area contributed by atoms with Crippen LogP contribution in [0.2, 0.25) is 0 Å². The van der Waals surface area contributed by atoms with E-state index in [2.05, 4.69) is 50.4 Å². The number of nitrogens with one attached hydrogen (secondary N) is 1. The molecule has 1 aromatic carbocycles. The van der Waals surface area contributed by atoms with Gasteiger partial charge in [-0.3, -0.25) is 14.4 Å². The lowest BCUT2D eigenvalue weighted by Gasteiger charge is -2.32. The second kappa shape index (κ2) is 10.9. The van der Waals surface area contributed by atoms with Gasteiger partial charge in [0.05, 0.1) is 10.6 Å². The fourth-order valence-corrected chi connectivity index (χ4v) is 6.41. The number of benzene rings is 1. The van der Waals surface area contributed by atoms with Crippen molar-refractivity contribution in [1.82, 2.24) is 5.32 Å². The van der Waals surface area contributed by atoms with Gasteiger partial charge in [0.1, 0.15) is 12.3 Å². The third kappa shape index (κ3) is 6.27. The van der Waals surface area contributed by atoms with Crippen LogP contribution in [-0.4, -0.2) is 35.1 Å². The summed E-state index contributed by atoms with van der Waals surface area (Å²) >= 11 is 3.03. The predicted octanol–water partition coefficient (Wildman–Crippen LogP) is 5.99. The number of hydrogen-bond donors (Lipinski definition) is 2. The van der Waals surface area contributed by atoms with Crippen molar-refractivity contribution in [1.29, 1.82) is 0 Å². The summed E-state index contributed by atoms with van der Waals surface area (Å²) in [6.07, 6.45) is 1.74. The molecule has 0 aliphatic heterocycles. The van der Waals surface area contributed by atoms with Crippen molar-refractivity contribution in [3.8, 4) is 0 Å². The minimum atomic E-state index is -1.06. The third-order valence-corrected chi connectivity index (χ3v) is 8.74. The van der Waals surface area contributed by atoms with Crippen LogP contribution in [0, 0.1) is 19.3 Å². The summed E-state index contributed by atoms with van der Waals surface area (Å²) in [5.74, 6) is -0.726. The minimum absolute atomic E-state index is 0.232. The second-order valence-corrected chi connectivity index (χ2v) is 11.5. The molecule has 0 radical (unpaired) electrons. The molecule has 0 aliphatic carbocycles. The number of carbonyl (C=O) groups is 3. The average molecular weight is 490 g/mol. The largest absolute Gasteiger partial charge is 0.480 e. The highest BCUT2D eigenvalue weighted by Crippen LogP contribution is 2.44. The number of hydrogen-bond acceptors (Lipinski definition) is 5. The number of amides is 1. The number of thiophene rings is 1. The molecule has 0 spiro atoms. The Kier molecular flexibility index (Phi) is 8.94. The zero-order valence-electron chi connectivity index (χ0n) is 20.6. The van der Waals surface area contributed by atoms with E-state index in [1.165, 1.54) is 16.9 Å². The highest BCUT2D eigenvalue weighted by atomic mass is 32.2. The molecule has 0 saturated heterocycles. The van der Waals surface area contributed by atoms with Crippen LogP contribution in [0.4, 0.5) is 0 Å². The van der Waals surface area contributed by atoms with Crippen molar-refractivity contribution < 1.29 is 19.5 Å². The van der Waals surface area contributed by atoms with Crippen LogP contribution in [0.25, 0.3) is 0 Å². The van der Waals surface area contributed by atoms with E-state index in [1.807, 2.05) is 27.7 Å². The summed E-state index contributed by atoms with van der Waals surface area (Å²) in [5, 5.41) is 11.3. The van der Waals surface area contributed by atoms with Gasteiger partial charge in [-0.25, -0.2) is 0 Å². The molecule has 33 heavy (non-hydrogen) atoms. The first-order valence-electron chi connectivity index (χ1n) is 11.2. The topological polar surface area (TPSA) is 83.5 Å². The highest BCUT2D eigenvalue weighted by Gasteiger charge is 2.34. The first kappa shape index (κ1) is 27.1. The van der Waals surface area contributed by atoms with Gasteiger partial charge in [-0.05, 0) is 55.5 Å². The molecule has 0 unspecified atom stereocenters. The Morgan fingerprint density at radius 3 is 2.18 bits per heavy atom. The van der Waals surface area contributed by atoms with Crippen molar-refractivity contribution in [2.24, 2.45) is 5.41 Å². The number of thioether (sulfide) groups is 1. The molecule has 7 heteroatoms. The summed E-state index contributed by atoms with van der Waals surface area (Å²) < 4.78 is 0. The van der Waals surface area contributed by atoms with E-state index in [1.54, 1.807) is 11.8 Å². The van der Waals surface area contributed by atoms with Crippen LogP contribution in [-0.2, 0) is 15.0 Å². The highest BCUT2D eigenvalue weighted by molar-refractivity contribution is 8.00. The van der Waals surface area contributed by atoms with Gasteiger partial charge in [-0.2, -0.15) is 0 Å². The summed E-state index contributed by atoms with van der Waals surface area (Å²) in [4.78, 5) is 38.5. The number of aryl methyl sites for hydroxylation is 2. The van der Waals surface area contributed by atoms with E-state index in [0.29, 0.717) is 10.6 Å². The molecule has 1 aromatic heterocycles. The maximum Gasteiger partial charge on any atom is 0.322 e. The summed E-state index contributed by atoms with van der Waals surface area (Å²) in [6.45, 7) is 13.7. The van der Waals surface area contributed by atoms with Gasteiger partial charge >= 0.3 is 5.97 Å². The van der Waals surface area contributed by atoms with Crippen molar-refractivity contribution in [2.45, 2.75) is 71.6 Å². The van der Waals surface area contributed by atoms with E-state index in [-0.39, 0.29) is 22.5 Å². The molecular formula is C26H35NO4S2. The Bertz CT molecular complexity index is 1030. The Hall–Kier alpha value is -2.12. The minimum Gasteiger partial charge on any atom is -0.480 e. The van der Waals surface area contributed by atoms with Crippen LogP contribution < -0.4 is 5.32 Å². The zero-order chi connectivity index (χ0) is 25.0. The molecule has 180 valence electrons. The fourth-order valence-electron chi connectivity index (χ4n) is 3.80. The normalized spacial score (nSPS) is 12.0. The Morgan fingerprint density at radius 1 is 1.03 bits per heavy atom. The molecule has 5 nitrogen and oxygen atoms in total. The Labute approximate surface area is 205 Å². The molecule has 0 aliphatic rings. The van der Waals surface area contributed by atoms with Crippen LogP contribution in [0.3, 0.4) is 0 Å². The molecule has 0 saturated carbocycles. The van der Waals surface area contributed by atoms with Crippen LogP contribution in [0.15, 0.2) is 29.2 Å². The lowest BCUT2D eigenvalue weighted by atomic mass is 9.74. The Balaban J connectivity index is 2.36. The Morgan fingerprint density at radius 2 is 1.67 bits per heavy atom. The molecule has 0 bridgehead atoms. The molecule has 0 atom stereocenters. The van der Waals surface area contributed by atoms with Crippen molar-refractivity contribution >= 4 is 40.8 Å². The number of ketones is 1. The van der Waals surface area contributed by atoms with Crippen LogP contribution in [0.5, 0.6) is 0 Å². The maximum atomic E-state index is 12.5. The molecule has 2 N–H and O–H groups in total. The first-order chi connectivity index (χ1) is 15.4. The van der Waals surface area contributed by atoms with Gasteiger partial charge in [-0.15, -0.1) is 23.1 Å². The van der Waals surface area contributed by atoms with Crippen molar-refractivity contribution in [3.05, 3.63) is 50.7 Å². The summed E-state index contributed by atoms with van der Waals surface area (Å²) in [7, 11) is 0. The number of carboxylic acids is 1. The predicted molar refractivity (Wildman–Crippen MR) is 137 cm³/mol. The van der Waals surface area contributed by atoms with Gasteiger partial charge < -0.3 is 10.4 Å². The lowest BCUT2D eigenvalue weighted by Crippen LogP contribution is -2.29.